The maximum atomic E-state index is 9.25. The third-order valence-corrected chi connectivity index (χ3v) is 1.94. The van der Waals surface area contributed by atoms with E-state index >= 15 is 0 Å². The second kappa shape index (κ2) is 3.65. The SMILES string of the molecule is Cc1cnccc1[C@@H](N)[C@H](C)O. The van der Waals surface area contributed by atoms with Crippen LogP contribution in [0.25, 0.3) is 0 Å². The average Bonchev–Trinajstić information content (AvgIpc) is 2.04. The minimum absolute atomic E-state index is 0.312. The van der Waals surface area contributed by atoms with Crippen LogP contribution in [0.1, 0.15) is 24.1 Å². The first-order chi connectivity index (χ1) is 5.63. The van der Waals surface area contributed by atoms with Gasteiger partial charge in [-0.15, -0.1) is 0 Å². The van der Waals surface area contributed by atoms with Gasteiger partial charge >= 0.3 is 0 Å². The van der Waals surface area contributed by atoms with Crippen molar-refractivity contribution in [3.8, 4) is 0 Å². The van der Waals surface area contributed by atoms with Gasteiger partial charge in [0.05, 0.1) is 12.1 Å². The third-order valence-electron chi connectivity index (χ3n) is 1.94. The number of hydrogen-bond donors (Lipinski definition) is 2. The van der Waals surface area contributed by atoms with Crippen molar-refractivity contribution in [2.75, 3.05) is 0 Å². The molecule has 1 heterocycles. The van der Waals surface area contributed by atoms with E-state index in [4.69, 9.17) is 5.73 Å². The van der Waals surface area contributed by atoms with Crippen LogP contribution >= 0.6 is 0 Å². The topological polar surface area (TPSA) is 59.1 Å². The lowest BCUT2D eigenvalue weighted by Crippen LogP contribution is -2.23. The maximum absolute atomic E-state index is 9.25. The standard InChI is InChI=1S/C9H14N2O/c1-6-5-11-4-3-8(6)9(10)7(2)12/h3-5,7,9,12H,10H2,1-2H3/t7-,9-/m0/s1. The quantitative estimate of drug-likeness (QED) is 0.682. The summed E-state index contributed by atoms with van der Waals surface area (Å²) < 4.78 is 0. The number of rotatable bonds is 2. The van der Waals surface area contributed by atoms with E-state index in [0.29, 0.717) is 0 Å². The van der Waals surface area contributed by atoms with Crippen LogP contribution in [0.4, 0.5) is 0 Å². The minimum atomic E-state index is -0.522. The Kier molecular flexibility index (Phi) is 2.78. The molecule has 66 valence electrons. The number of pyridine rings is 1. The fourth-order valence-corrected chi connectivity index (χ4v) is 1.12. The number of aliphatic hydroxyl groups is 1. The van der Waals surface area contributed by atoms with Crippen LogP contribution in [0.15, 0.2) is 18.5 Å². The molecule has 0 amide bonds. The van der Waals surface area contributed by atoms with Gasteiger partial charge in [0, 0.05) is 12.4 Å². The van der Waals surface area contributed by atoms with Crippen LogP contribution in [-0.2, 0) is 0 Å². The third kappa shape index (κ3) is 1.81. The van der Waals surface area contributed by atoms with Gasteiger partial charge in [0.1, 0.15) is 0 Å². The Bertz CT molecular complexity index is 260. The van der Waals surface area contributed by atoms with Gasteiger partial charge in [-0.25, -0.2) is 0 Å². The fourth-order valence-electron chi connectivity index (χ4n) is 1.12. The van der Waals surface area contributed by atoms with E-state index in [1.807, 2.05) is 13.0 Å². The van der Waals surface area contributed by atoms with Crippen molar-refractivity contribution >= 4 is 0 Å². The van der Waals surface area contributed by atoms with E-state index in [2.05, 4.69) is 4.98 Å². The van der Waals surface area contributed by atoms with E-state index < -0.39 is 6.10 Å². The van der Waals surface area contributed by atoms with Crippen molar-refractivity contribution in [2.24, 2.45) is 5.73 Å². The van der Waals surface area contributed by atoms with Crippen molar-refractivity contribution in [3.63, 3.8) is 0 Å². The normalized spacial score (nSPS) is 15.7. The van der Waals surface area contributed by atoms with Gasteiger partial charge in [0.15, 0.2) is 0 Å². The number of aromatic nitrogens is 1. The highest BCUT2D eigenvalue weighted by Gasteiger charge is 2.13. The van der Waals surface area contributed by atoms with E-state index in [9.17, 15) is 5.11 Å². The fraction of sp³-hybridized carbons (Fsp3) is 0.444. The molecule has 3 heteroatoms. The van der Waals surface area contributed by atoms with Crippen LogP contribution in [0.5, 0.6) is 0 Å². The van der Waals surface area contributed by atoms with E-state index in [-0.39, 0.29) is 6.04 Å². The molecule has 0 saturated heterocycles. The van der Waals surface area contributed by atoms with Crippen LogP contribution in [0.3, 0.4) is 0 Å². The Labute approximate surface area is 72.2 Å². The summed E-state index contributed by atoms with van der Waals surface area (Å²) in [7, 11) is 0. The number of aliphatic hydroxyl groups excluding tert-OH is 1. The van der Waals surface area contributed by atoms with Gasteiger partial charge in [0.2, 0.25) is 0 Å². The number of aryl methyl sites for hydroxylation is 1. The predicted molar refractivity (Wildman–Crippen MR) is 47.6 cm³/mol. The summed E-state index contributed by atoms with van der Waals surface area (Å²) in [6.07, 6.45) is 2.91. The molecule has 0 aromatic carbocycles. The molecule has 0 aliphatic heterocycles. The Morgan fingerprint density at radius 1 is 1.58 bits per heavy atom. The molecule has 0 fully saturated rings. The summed E-state index contributed by atoms with van der Waals surface area (Å²) >= 11 is 0. The van der Waals surface area contributed by atoms with Crippen LogP contribution in [0.2, 0.25) is 0 Å². The molecule has 0 aliphatic carbocycles. The van der Waals surface area contributed by atoms with Gasteiger partial charge in [-0.2, -0.15) is 0 Å². The first kappa shape index (κ1) is 9.16. The lowest BCUT2D eigenvalue weighted by molar-refractivity contribution is 0.164. The zero-order chi connectivity index (χ0) is 9.14. The zero-order valence-corrected chi connectivity index (χ0v) is 7.36. The highest BCUT2D eigenvalue weighted by Crippen LogP contribution is 2.16. The monoisotopic (exact) mass is 166 g/mol. The molecule has 3 nitrogen and oxygen atoms in total. The molecule has 1 rings (SSSR count). The van der Waals surface area contributed by atoms with Crippen LogP contribution < -0.4 is 5.73 Å². The molecule has 1 aromatic rings. The first-order valence-electron chi connectivity index (χ1n) is 3.97. The molecule has 0 spiro atoms. The molecule has 0 radical (unpaired) electrons. The Morgan fingerprint density at radius 3 is 2.75 bits per heavy atom. The summed E-state index contributed by atoms with van der Waals surface area (Å²) in [5, 5.41) is 9.25. The lowest BCUT2D eigenvalue weighted by atomic mass is 10.0. The molecule has 0 saturated carbocycles. The Morgan fingerprint density at radius 2 is 2.25 bits per heavy atom. The maximum Gasteiger partial charge on any atom is 0.0704 e. The molecule has 0 aliphatic rings. The highest BCUT2D eigenvalue weighted by atomic mass is 16.3. The lowest BCUT2D eigenvalue weighted by Gasteiger charge is -2.16. The van der Waals surface area contributed by atoms with E-state index in [1.54, 1.807) is 19.3 Å². The van der Waals surface area contributed by atoms with E-state index in [0.717, 1.165) is 11.1 Å². The summed E-state index contributed by atoms with van der Waals surface area (Å²) in [5.74, 6) is 0. The Balaban J connectivity index is 2.94. The summed E-state index contributed by atoms with van der Waals surface area (Å²) in [6.45, 7) is 3.62. The molecule has 2 atom stereocenters. The molecular weight excluding hydrogens is 152 g/mol. The minimum Gasteiger partial charge on any atom is -0.391 e. The molecule has 0 bridgehead atoms. The first-order valence-corrected chi connectivity index (χ1v) is 3.97. The van der Waals surface area contributed by atoms with Crippen molar-refractivity contribution in [2.45, 2.75) is 26.0 Å². The van der Waals surface area contributed by atoms with Gasteiger partial charge in [-0.05, 0) is 31.0 Å². The van der Waals surface area contributed by atoms with Crippen LogP contribution in [0, 0.1) is 6.92 Å². The van der Waals surface area contributed by atoms with Crippen molar-refractivity contribution < 1.29 is 5.11 Å². The number of nitrogens with zero attached hydrogens (tertiary/aromatic N) is 1. The second-order valence-corrected chi connectivity index (χ2v) is 3.00. The Hall–Kier alpha value is -0.930. The molecule has 12 heavy (non-hydrogen) atoms. The summed E-state index contributed by atoms with van der Waals surface area (Å²) in [5.41, 5.74) is 7.74. The number of hydrogen-bond acceptors (Lipinski definition) is 3. The zero-order valence-electron chi connectivity index (χ0n) is 7.36. The molecular formula is C9H14N2O. The van der Waals surface area contributed by atoms with Crippen molar-refractivity contribution in [1.29, 1.82) is 0 Å². The molecule has 0 unspecified atom stereocenters. The van der Waals surface area contributed by atoms with Crippen molar-refractivity contribution in [3.05, 3.63) is 29.6 Å². The number of nitrogens with two attached hydrogens (primary N) is 1. The largest absolute Gasteiger partial charge is 0.391 e. The average molecular weight is 166 g/mol. The van der Waals surface area contributed by atoms with Gasteiger partial charge < -0.3 is 10.8 Å². The van der Waals surface area contributed by atoms with Crippen molar-refractivity contribution in [1.82, 2.24) is 4.98 Å². The highest BCUT2D eigenvalue weighted by molar-refractivity contribution is 5.25. The molecule has 1 aromatic heterocycles. The molecule has 3 N–H and O–H groups in total. The second-order valence-electron chi connectivity index (χ2n) is 3.00. The van der Waals surface area contributed by atoms with Gasteiger partial charge in [-0.3, -0.25) is 4.98 Å². The summed E-state index contributed by atoms with van der Waals surface area (Å²) in [6, 6.07) is 1.53. The van der Waals surface area contributed by atoms with Crippen LogP contribution in [-0.4, -0.2) is 16.2 Å². The predicted octanol–water partition coefficient (Wildman–Crippen LogP) is 0.771. The van der Waals surface area contributed by atoms with Gasteiger partial charge in [-0.1, -0.05) is 0 Å². The van der Waals surface area contributed by atoms with Gasteiger partial charge in [0.25, 0.3) is 0 Å². The summed E-state index contributed by atoms with van der Waals surface area (Å²) in [4.78, 5) is 3.95. The van der Waals surface area contributed by atoms with E-state index in [1.165, 1.54) is 0 Å². The smallest absolute Gasteiger partial charge is 0.0704 e.